The van der Waals surface area contributed by atoms with Gasteiger partial charge in [0.15, 0.2) is 0 Å². The molecule has 1 rings (SSSR count). The van der Waals surface area contributed by atoms with E-state index in [1.165, 1.54) is 6.07 Å². The summed E-state index contributed by atoms with van der Waals surface area (Å²) >= 11 is 0. The second kappa shape index (κ2) is 6.04. The molecule has 0 aliphatic heterocycles. The highest BCUT2D eigenvalue weighted by atomic mass is 16.4. The number of pyridine rings is 1. The van der Waals surface area contributed by atoms with Gasteiger partial charge in [0.05, 0.1) is 0 Å². The molecule has 0 aliphatic carbocycles. The molecule has 1 aromatic heterocycles. The first-order valence-electron chi connectivity index (χ1n) is 6.76. The first kappa shape index (κ1) is 15.5. The summed E-state index contributed by atoms with van der Waals surface area (Å²) in [6, 6.07) is 3.18. The highest BCUT2D eigenvalue weighted by Crippen LogP contribution is 2.21. The maximum Gasteiger partial charge on any atom is 0.341 e. The van der Waals surface area contributed by atoms with Crippen LogP contribution in [-0.2, 0) is 12.0 Å². The van der Waals surface area contributed by atoms with E-state index < -0.39 is 11.5 Å². The predicted octanol–water partition coefficient (Wildman–Crippen LogP) is 3.03. The van der Waals surface area contributed by atoms with Crippen LogP contribution in [-0.4, -0.2) is 15.6 Å². The van der Waals surface area contributed by atoms with Gasteiger partial charge >= 0.3 is 5.97 Å². The number of carboxylic acid groups (broad SMARTS) is 1. The molecule has 1 aromatic rings. The summed E-state index contributed by atoms with van der Waals surface area (Å²) < 4.78 is 1.62. The van der Waals surface area contributed by atoms with Gasteiger partial charge in [0.1, 0.15) is 5.56 Å². The molecule has 0 aromatic carbocycles. The molecule has 0 atom stereocenters. The van der Waals surface area contributed by atoms with Crippen molar-refractivity contribution in [1.82, 2.24) is 4.57 Å². The molecule has 1 N–H and O–H groups in total. The molecule has 0 amide bonds. The zero-order valence-corrected chi connectivity index (χ0v) is 12.2. The fraction of sp³-hybridized carbons (Fsp3) is 0.600. The van der Waals surface area contributed by atoms with Crippen molar-refractivity contribution >= 4 is 5.97 Å². The maximum absolute atomic E-state index is 12.3. The minimum Gasteiger partial charge on any atom is -0.477 e. The Hall–Kier alpha value is -1.58. The van der Waals surface area contributed by atoms with Crippen molar-refractivity contribution in [3.8, 4) is 0 Å². The Kier molecular flexibility index (Phi) is 4.92. The molecule has 0 aliphatic rings. The van der Waals surface area contributed by atoms with Crippen molar-refractivity contribution in [2.24, 2.45) is 0 Å². The van der Waals surface area contributed by atoms with Crippen molar-refractivity contribution in [3.05, 3.63) is 33.7 Å². The van der Waals surface area contributed by atoms with Crippen LogP contribution in [0.5, 0.6) is 0 Å². The van der Waals surface area contributed by atoms with Crippen molar-refractivity contribution in [1.29, 1.82) is 0 Å². The van der Waals surface area contributed by atoms with Gasteiger partial charge in [0.2, 0.25) is 0 Å². The maximum atomic E-state index is 12.3. The largest absolute Gasteiger partial charge is 0.477 e. The Labute approximate surface area is 114 Å². The van der Waals surface area contributed by atoms with Crippen LogP contribution in [0.2, 0.25) is 0 Å². The van der Waals surface area contributed by atoms with Crippen LogP contribution in [0.4, 0.5) is 0 Å². The minimum absolute atomic E-state index is 0.149. The van der Waals surface area contributed by atoms with Crippen LogP contribution >= 0.6 is 0 Å². The van der Waals surface area contributed by atoms with E-state index in [-0.39, 0.29) is 11.0 Å². The lowest BCUT2D eigenvalue weighted by Gasteiger charge is -2.24. The average Bonchev–Trinajstić information content (AvgIpc) is 2.29. The zero-order valence-electron chi connectivity index (χ0n) is 12.2. The van der Waals surface area contributed by atoms with Gasteiger partial charge in [-0.3, -0.25) is 4.79 Å². The van der Waals surface area contributed by atoms with Crippen molar-refractivity contribution < 1.29 is 9.90 Å². The molecule has 0 fully saturated rings. The van der Waals surface area contributed by atoms with Gasteiger partial charge in [-0.1, -0.05) is 40.5 Å². The quantitative estimate of drug-likeness (QED) is 0.832. The second-order valence-electron chi connectivity index (χ2n) is 5.85. The Morgan fingerprint density at radius 1 is 1.26 bits per heavy atom. The molecule has 19 heavy (non-hydrogen) atoms. The van der Waals surface area contributed by atoms with Gasteiger partial charge in [-0.15, -0.1) is 0 Å². The third-order valence-electron chi connectivity index (χ3n) is 3.16. The number of aromatic carboxylic acids is 1. The Morgan fingerprint density at radius 2 is 1.89 bits per heavy atom. The monoisotopic (exact) mass is 265 g/mol. The Morgan fingerprint density at radius 3 is 2.37 bits per heavy atom. The van der Waals surface area contributed by atoms with Crippen LogP contribution in [0, 0.1) is 0 Å². The van der Waals surface area contributed by atoms with Crippen molar-refractivity contribution in [2.45, 2.75) is 58.9 Å². The summed E-state index contributed by atoms with van der Waals surface area (Å²) in [5.74, 6) is -1.16. The normalized spacial score (nSPS) is 11.6. The predicted molar refractivity (Wildman–Crippen MR) is 75.9 cm³/mol. The first-order chi connectivity index (χ1) is 8.79. The van der Waals surface area contributed by atoms with E-state index in [2.05, 4.69) is 6.92 Å². The van der Waals surface area contributed by atoms with Crippen LogP contribution in [0.1, 0.15) is 63.0 Å². The minimum atomic E-state index is -1.16. The average molecular weight is 265 g/mol. The summed E-state index contributed by atoms with van der Waals surface area (Å²) in [5, 5.41) is 9.04. The number of hydrogen-bond acceptors (Lipinski definition) is 2. The fourth-order valence-electron chi connectivity index (χ4n) is 2.14. The third kappa shape index (κ3) is 3.69. The smallest absolute Gasteiger partial charge is 0.341 e. The molecule has 0 unspecified atom stereocenters. The first-order valence-corrected chi connectivity index (χ1v) is 6.76. The van der Waals surface area contributed by atoms with Crippen molar-refractivity contribution in [2.75, 3.05) is 0 Å². The Bertz CT molecular complexity index is 509. The van der Waals surface area contributed by atoms with E-state index in [0.29, 0.717) is 6.54 Å². The van der Waals surface area contributed by atoms with E-state index in [1.807, 2.05) is 20.8 Å². The molecule has 0 bridgehead atoms. The summed E-state index contributed by atoms with van der Waals surface area (Å²) in [5.41, 5.74) is 0.168. The van der Waals surface area contributed by atoms with Gasteiger partial charge in [0, 0.05) is 17.7 Å². The fourth-order valence-corrected chi connectivity index (χ4v) is 2.14. The zero-order chi connectivity index (χ0) is 14.6. The van der Waals surface area contributed by atoms with Crippen LogP contribution in [0.25, 0.3) is 0 Å². The van der Waals surface area contributed by atoms with Crippen molar-refractivity contribution in [3.63, 3.8) is 0 Å². The van der Waals surface area contributed by atoms with Crippen LogP contribution in [0.3, 0.4) is 0 Å². The van der Waals surface area contributed by atoms with E-state index >= 15 is 0 Å². The lowest BCUT2D eigenvalue weighted by atomic mass is 9.90. The van der Waals surface area contributed by atoms with E-state index in [0.717, 1.165) is 25.0 Å². The van der Waals surface area contributed by atoms with Gasteiger partial charge in [-0.05, 0) is 18.6 Å². The number of hydrogen-bond donors (Lipinski definition) is 1. The topological polar surface area (TPSA) is 59.3 Å². The summed E-state index contributed by atoms with van der Waals surface area (Å²) in [4.78, 5) is 23.3. The van der Waals surface area contributed by atoms with E-state index in [4.69, 9.17) is 5.11 Å². The highest BCUT2D eigenvalue weighted by molar-refractivity contribution is 5.87. The number of nitrogens with zero attached hydrogens (tertiary/aromatic N) is 1. The van der Waals surface area contributed by atoms with E-state index in [1.54, 1.807) is 10.6 Å². The van der Waals surface area contributed by atoms with Gasteiger partial charge in [0.25, 0.3) is 5.56 Å². The lowest BCUT2D eigenvalue weighted by molar-refractivity contribution is 0.0694. The van der Waals surface area contributed by atoms with Gasteiger partial charge in [-0.2, -0.15) is 0 Å². The molecule has 0 radical (unpaired) electrons. The van der Waals surface area contributed by atoms with Gasteiger partial charge in [-0.25, -0.2) is 4.79 Å². The summed E-state index contributed by atoms with van der Waals surface area (Å²) in [7, 11) is 0. The van der Waals surface area contributed by atoms with E-state index in [9.17, 15) is 9.59 Å². The number of carbonyl (C=O) groups is 1. The molecule has 106 valence electrons. The molecule has 4 heteroatoms. The molecule has 0 spiro atoms. The standard InChI is InChI=1S/C15H23NO3/c1-5-6-7-10-16-12(15(2,3)4)9-8-11(13(16)17)14(18)19/h8-9H,5-7,10H2,1-4H3,(H,18,19). The summed E-state index contributed by atoms with van der Waals surface area (Å²) in [6.45, 7) is 8.76. The van der Waals surface area contributed by atoms with Crippen LogP contribution < -0.4 is 5.56 Å². The SMILES string of the molecule is CCCCCn1c(C(C)(C)C)ccc(C(=O)O)c1=O. The number of aromatic nitrogens is 1. The summed E-state index contributed by atoms with van der Waals surface area (Å²) in [6.07, 6.45) is 2.99. The highest BCUT2D eigenvalue weighted by Gasteiger charge is 2.21. The lowest BCUT2D eigenvalue weighted by Crippen LogP contribution is -2.33. The third-order valence-corrected chi connectivity index (χ3v) is 3.16. The number of unbranched alkanes of at least 4 members (excludes halogenated alkanes) is 2. The Balaban J connectivity index is 3.30. The molecular formula is C15H23NO3. The number of carboxylic acids is 1. The molecule has 4 nitrogen and oxygen atoms in total. The van der Waals surface area contributed by atoms with Gasteiger partial charge < -0.3 is 9.67 Å². The molecule has 0 saturated heterocycles. The van der Waals surface area contributed by atoms with Crippen LogP contribution in [0.15, 0.2) is 16.9 Å². The second-order valence-corrected chi connectivity index (χ2v) is 5.85. The molecule has 1 heterocycles. The molecular weight excluding hydrogens is 242 g/mol. The number of rotatable bonds is 5. The molecule has 0 saturated carbocycles.